The molecular formula is C27H35F3N6O. The van der Waals surface area contributed by atoms with E-state index in [1.165, 1.54) is 19.3 Å². The molecule has 2 aliphatic carbocycles. The minimum atomic E-state index is -1.05. The molecule has 0 bridgehead atoms. The highest BCUT2D eigenvalue weighted by molar-refractivity contribution is 5.76. The molecule has 0 unspecified atom stereocenters. The van der Waals surface area contributed by atoms with Crippen molar-refractivity contribution in [2.24, 2.45) is 11.8 Å². The molecule has 0 saturated heterocycles. The maximum atomic E-state index is 14.5. The average Bonchev–Trinajstić information content (AvgIpc) is 3.46. The number of imidazole rings is 1. The van der Waals surface area contributed by atoms with Crippen LogP contribution in [0.25, 0.3) is 11.2 Å². The van der Waals surface area contributed by atoms with Gasteiger partial charge in [-0.3, -0.25) is 4.57 Å². The van der Waals surface area contributed by atoms with Crippen molar-refractivity contribution in [3.63, 3.8) is 0 Å². The Hall–Kier alpha value is -2.88. The molecular weight excluding hydrogens is 481 g/mol. The van der Waals surface area contributed by atoms with Gasteiger partial charge in [0.25, 0.3) is 0 Å². The summed E-state index contributed by atoms with van der Waals surface area (Å²) in [4.78, 5) is 13.8. The zero-order chi connectivity index (χ0) is 26.3. The summed E-state index contributed by atoms with van der Waals surface area (Å²) >= 11 is 0. The van der Waals surface area contributed by atoms with Gasteiger partial charge in [-0.15, -0.1) is 0 Å². The Morgan fingerprint density at radius 3 is 2.35 bits per heavy atom. The summed E-state index contributed by atoms with van der Waals surface area (Å²) in [5.41, 5.74) is -0.301. The molecule has 37 heavy (non-hydrogen) atoms. The third-order valence-electron chi connectivity index (χ3n) is 8.20. The van der Waals surface area contributed by atoms with Gasteiger partial charge >= 0.3 is 0 Å². The number of nitrogens with zero attached hydrogens (tertiary/aromatic N) is 4. The second-order valence-electron chi connectivity index (χ2n) is 11.2. The van der Waals surface area contributed by atoms with E-state index in [2.05, 4.69) is 27.5 Å². The van der Waals surface area contributed by atoms with Gasteiger partial charge in [0, 0.05) is 24.2 Å². The van der Waals surface area contributed by atoms with E-state index in [-0.39, 0.29) is 17.9 Å². The fraction of sp³-hybridized carbons (Fsp3) is 0.593. The lowest BCUT2D eigenvalue weighted by Gasteiger charge is -2.28. The van der Waals surface area contributed by atoms with E-state index in [1.807, 2.05) is 4.57 Å². The second-order valence-corrected chi connectivity index (χ2v) is 11.2. The molecule has 200 valence electrons. The van der Waals surface area contributed by atoms with Crippen LogP contribution in [0.4, 0.5) is 30.8 Å². The molecule has 3 N–H and O–H groups in total. The van der Waals surface area contributed by atoms with Crippen molar-refractivity contribution in [1.82, 2.24) is 19.5 Å². The third-order valence-corrected chi connectivity index (χ3v) is 8.20. The van der Waals surface area contributed by atoms with Gasteiger partial charge in [-0.2, -0.15) is 4.98 Å². The highest BCUT2D eigenvalue weighted by Crippen LogP contribution is 2.43. The molecule has 7 nitrogen and oxygen atoms in total. The highest BCUT2D eigenvalue weighted by Gasteiger charge is 2.37. The molecule has 2 heterocycles. The Kier molecular flexibility index (Phi) is 7.04. The normalized spacial score (nSPS) is 24.5. The zero-order valence-electron chi connectivity index (χ0n) is 21.6. The van der Waals surface area contributed by atoms with Crippen LogP contribution in [0.1, 0.15) is 78.2 Å². The summed E-state index contributed by atoms with van der Waals surface area (Å²) in [6.45, 7) is 5.83. The van der Waals surface area contributed by atoms with E-state index < -0.39 is 28.7 Å². The van der Waals surface area contributed by atoms with Crippen molar-refractivity contribution in [2.75, 3.05) is 10.6 Å². The number of rotatable bonds is 7. The van der Waals surface area contributed by atoms with Crippen molar-refractivity contribution < 1.29 is 18.3 Å². The number of hydrogen-bond donors (Lipinski definition) is 3. The lowest BCUT2D eigenvalue weighted by Crippen LogP contribution is -2.29. The van der Waals surface area contributed by atoms with Crippen molar-refractivity contribution >= 4 is 28.7 Å². The fourth-order valence-electron chi connectivity index (χ4n) is 5.90. The predicted octanol–water partition coefficient (Wildman–Crippen LogP) is 6.48. The van der Waals surface area contributed by atoms with Gasteiger partial charge in [0.1, 0.15) is 17.0 Å². The molecule has 0 spiro atoms. The monoisotopic (exact) mass is 516 g/mol. The molecule has 3 aromatic rings. The van der Waals surface area contributed by atoms with Crippen LogP contribution in [-0.4, -0.2) is 36.3 Å². The topological polar surface area (TPSA) is 87.9 Å². The first-order valence-electron chi connectivity index (χ1n) is 13.3. The lowest BCUT2D eigenvalue weighted by molar-refractivity contribution is 0.0186. The Morgan fingerprint density at radius 1 is 1.03 bits per heavy atom. The van der Waals surface area contributed by atoms with Gasteiger partial charge in [0.2, 0.25) is 11.9 Å². The van der Waals surface area contributed by atoms with Crippen molar-refractivity contribution in [1.29, 1.82) is 0 Å². The molecule has 5 rings (SSSR count). The number of halogens is 3. The van der Waals surface area contributed by atoms with Gasteiger partial charge in [-0.1, -0.05) is 13.3 Å². The Bertz CT molecular complexity index is 1240. The van der Waals surface area contributed by atoms with Crippen molar-refractivity contribution in [3.05, 3.63) is 35.8 Å². The van der Waals surface area contributed by atoms with E-state index in [0.29, 0.717) is 41.7 Å². The van der Waals surface area contributed by atoms with Crippen LogP contribution in [0.15, 0.2) is 18.3 Å². The standard InChI is InChI=1S/C27H35F3N6O/c1-4-15-5-8-18(9-6-15)32-25-31-14-22-24(35-25)36(19-10-7-16(11-19)27(2,3)37)26(33-22)34-23-20(29)12-17(28)13-21(23)30/h12-16,18-19,37H,4-11H2,1-3H3,(H,33,34)(H,31,32,35)/t15-,16-,18-,19+/m1/s1. The van der Waals surface area contributed by atoms with Gasteiger partial charge in [-0.05, 0) is 70.6 Å². The first-order valence-corrected chi connectivity index (χ1v) is 13.3. The summed E-state index contributed by atoms with van der Waals surface area (Å²) in [7, 11) is 0. The molecule has 2 aromatic heterocycles. The van der Waals surface area contributed by atoms with Gasteiger partial charge in [-0.25, -0.2) is 23.1 Å². The van der Waals surface area contributed by atoms with Crippen molar-refractivity contribution in [2.45, 2.75) is 89.8 Å². The van der Waals surface area contributed by atoms with Crippen LogP contribution in [0, 0.1) is 29.3 Å². The molecule has 1 aromatic carbocycles. The predicted molar refractivity (Wildman–Crippen MR) is 137 cm³/mol. The van der Waals surface area contributed by atoms with Gasteiger partial charge in [0.05, 0.1) is 11.8 Å². The van der Waals surface area contributed by atoms with Crippen molar-refractivity contribution in [3.8, 4) is 0 Å². The summed E-state index contributed by atoms with van der Waals surface area (Å²) in [6, 6.07) is 1.46. The first-order chi connectivity index (χ1) is 17.6. The van der Waals surface area contributed by atoms with Gasteiger partial charge < -0.3 is 15.7 Å². The average molecular weight is 517 g/mol. The van der Waals surface area contributed by atoms with Crippen LogP contribution >= 0.6 is 0 Å². The van der Waals surface area contributed by atoms with E-state index in [0.717, 1.165) is 31.6 Å². The van der Waals surface area contributed by atoms with Crippen LogP contribution in [-0.2, 0) is 0 Å². The number of benzene rings is 1. The summed E-state index contributed by atoms with van der Waals surface area (Å²) in [6.07, 6.45) is 9.49. The largest absolute Gasteiger partial charge is 0.390 e. The van der Waals surface area contributed by atoms with E-state index >= 15 is 0 Å². The van der Waals surface area contributed by atoms with E-state index in [9.17, 15) is 18.3 Å². The molecule has 0 aliphatic heterocycles. The number of anilines is 3. The summed E-state index contributed by atoms with van der Waals surface area (Å²) in [5.74, 6) is -1.56. The van der Waals surface area contributed by atoms with Crippen LogP contribution in [0.3, 0.4) is 0 Å². The minimum Gasteiger partial charge on any atom is -0.390 e. The van der Waals surface area contributed by atoms with Crippen LogP contribution < -0.4 is 10.6 Å². The number of fused-ring (bicyclic) bond motifs is 1. The number of nitrogens with one attached hydrogen (secondary N) is 2. The maximum Gasteiger partial charge on any atom is 0.224 e. The maximum absolute atomic E-state index is 14.5. The number of aliphatic hydroxyl groups is 1. The lowest BCUT2D eigenvalue weighted by atomic mass is 9.85. The molecule has 2 saturated carbocycles. The smallest absolute Gasteiger partial charge is 0.224 e. The first kappa shape index (κ1) is 25.8. The molecule has 2 aliphatic rings. The number of hydrogen-bond acceptors (Lipinski definition) is 6. The van der Waals surface area contributed by atoms with Gasteiger partial charge in [0.15, 0.2) is 17.3 Å². The quantitative estimate of drug-likeness (QED) is 0.333. The molecule has 0 radical (unpaired) electrons. The second kappa shape index (κ2) is 10.1. The SMILES string of the molecule is CC[C@H]1CC[C@H](Nc2ncc3nc(Nc4c(F)cc(F)cc4F)n([C@H]4CC[C@@H](C(C)(C)O)C4)c3n2)CC1. The highest BCUT2D eigenvalue weighted by atomic mass is 19.1. The third kappa shape index (κ3) is 5.39. The Balaban J connectivity index is 1.50. The van der Waals surface area contributed by atoms with E-state index in [1.54, 1.807) is 20.0 Å². The Labute approximate surface area is 214 Å². The molecule has 2 fully saturated rings. The fourth-order valence-corrected chi connectivity index (χ4v) is 5.90. The molecule has 0 amide bonds. The minimum absolute atomic E-state index is 0.0512. The van der Waals surface area contributed by atoms with E-state index in [4.69, 9.17) is 4.98 Å². The van der Waals surface area contributed by atoms with Crippen LogP contribution in [0.5, 0.6) is 0 Å². The van der Waals surface area contributed by atoms with Crippen LogP contribution in [0.2, 0.25) is 0 Å². The summed E-state index contributed by atoms with van der Waals surface area (Å²) in [5, 5.41) is 16.8. The molecule has 2 atom stereocenters. The zero-order valence-corrected chi connectivity index (χ0v) is 21.6. The Morgan fingerprint density at radius 2 is 1.73 bits per heavy atom. The molecule has 10 heteroatoms. The summed E-state index contributed by atoms with van der Waals surface area (Å²) < 4.78 is 44.4. The number of aromatic nitrogens is 4.